The summed E-state index contributed by atoms with van der Waals surface area (Å²) in [5, 5.41) is 11.1. The summed E-state index contributed by atoms with van der Waals surface area (Å²) >= 11 is 0. The Morgan fingerprint density at radius 1 is 1.36 bits per heavy atom. The number of ether oxygens (including phenoxy) is 1. The number of hydrogen-bond donors (Lipinski definition) is 2. The van der Waals surface area contributed by atoms with Gasteiger partial charge in [0.25, 0.3) is 0 Å². The van der Waals surface area contributed by atoms with Gasteiger partial charge in [-0.2, -0.15) is 0 Å². The van der Waals surface area contributed by atoms with Crippen LogP contribution in [-0.2, 0) is 11.2 Å². The van der Waals surface area contributed by atoms with Crippen LogP contribution in [-0.4, -0.2) is 43.0 Å². The summed E-state index contributed by atoms with van der Waals surface area (Å²) in [6.07, 6.45) is 6.23. The molecule has 0 amide bonds. The maximum atomic E-state index is 5.95. The van der Waals surface area contributed by atoms with Gasteiger partial charge in [0.15, 0.2) is 5.96 Å². The van der Waals surface area contributed by atoms with Gasteiger partial charge in [-0.05, 0) is 53.4 Å². The zero-order chi connectivity index (χ0) is 17.9. The normalized spacial score (nSPS) is 24.7. The van der Waals surface area contributed by atoms with Gasteiger partial charge in [0.2, 0.25) is 0 Å². The molecule has 1 aromatic heterocycles. The average molecular weight is 348 g/mol. The molecule has 140 valence electrons. The zero-order valence-corrected chi connectivity index (χ0v) is 16.0. The molecule has 2 unspecified atom stereocenters. The summed E-state index contributed by atoms with van der Waals surface area (Å²) in [4.78, 5) is 4.77. The van der Waals surface area contributed by atoms with Gasteiger partial charge in [-0.15, -0.1) is 0 Å². The molecule has 6 heteroatoms. The Labute approximate surface area is 150 Å². The van der Waals surface area contributed by atoms with Crippen LogP contribution in [0.5, 0.6) is 0 Å². The van der Waals surface area contributed by atoms with E-state index in [9.17, 15) is 0 Å². The van der Waals surface area contributed by atoms with E-state index >= 15 is 0 Å². The molecule has 0 bridgehead atoms. The van der Waals surface area contributed by atoms with Crippen molar-refractivity contribution in [2.75, 3.05) is 19.7 Å². The van der Waals surface area contributed by atoms with Gasteiger partial charge in [0, 0.05) is 36.7 Å². The highest BCUT2D eigenvalue weighted by molar-refractivity contribution is 5.80. The number of aromatic nitrogens is 1. The molecule has 6 nitrogen and oxygen atoms in total. The summed E-state index contributed by atoms with van der Waals surface area (Å²) < 4.78 is 11.2. The van der Waals surface area contributed by atoms with Crippen LogP contribution in [0.2, 0.25) is 0 Å². The van der Waals surface area contributed by atoms with E-state index in [0.29, 0.717) is 17.6 Å². The first-order valence-electron chi connectivity index (χ1n) is 9.69. The number of nitrogens with one attached hydrogen (secondary N) is 2. The molecule has 2 fully saturated rings. The molecule has 1 aromatic rings. The molecule has 0 radical (unpaired) electrons. The standard InChI is InChI=1S/C19H32N4O2/c1-5-20-18(21-11-8-15-13(3)23-25-14(15)4)22-16-12-17(24-6-2)19(16)9-7-10-19/h16-17H,5-12H2,1-4H3,(H2,20,21,22). The van der Waals surface area contributed by atoms with E-state index in [4.69, 9.17) is 14.3 Å². The molecule has 2 saturated carbocycles. The second-order valence-corrected chi connectivity index (χ2v) is 7.28. The first-order chi connectivity index (χ1) is 12.1. The second kappa shape index (κ2) is 7.77. The number of aryl methyl sites for hydroxylation is 2. The van der Waals surface area contributed by atoms with Crippen molar-refractivity contribution in [3.8, 4) is 0 Å². The lowest BCUT2D eigenvalue weighted by Gasteiger charge is -2.61. The molecule has 2 aliphatic rings. The van der Waals surface area contributed by atoms with Crippen LogP contribution in [0.25, 0.3) is 0 Å². The smallest absolute Gasteiger partial charge is 0.191 e. The fourth-order valence-electron chi connectivity index (χ4n) is 4.26. The molecule has 25 heavy (non-hydrogen) atoms. The molecule has 2 N–H and O–H groups in total. The number of guanidine groups is 1. The summed E-state index contributed by atoms with van der Waals surface area (Å²) in [5.74, 6) is 1.82. The van der Waals surface area contributed by atoms with Gasteiger partial charge in [-0.25, -0.2) is 0 Å². The van der Waals surface area contributed by atoms with E-state index in [1.807, 2.05) is 13.8 Å². The Hall–Kier alpha value is -1.56. The summed E-state index contributed by atoms with van der Waals surface area (Å²) in [6.45, 7) is 10.6. The van der Waals surface area contributed by atoms with Crippen LogP contribution in [0.3, 0.4) is 0 Å². The Balaban J connectivity index is 1.58. The maximum Gasteiger partial charge on any atom is 0.191 e. The fourth-order valence-corrected chi connectivity index (χ4v) is 4.26. The SMILES string of the molecule is CCNC(=NCCc1c(C)noc1C)NC1CC(OCC)C12CCC2. The average Bonchev–Trinajstić information content (AvgIpc) is 2.84. The molecule has 2 atom stereocenters. The van der Waals surface area contributed by atoms with Crippen molar-refractivity contribution in [3.63, 3.8) is 0 Å². The van der Waals surface area contributed by atoms with Gasteiger partial charge in [-0.3, -0.25) is 4.99 Å². The van der Waals surface area contributed by atoms with Gasteiger partial charge < -0.3 is 19.9 Å². The van der Waals surface area contributed by atoms with Gasteiger partial charge in [0.05, 0.1) is 11.8 Å². The molecule has 2 aliphatic carbocycles. The van der Waals surface area contributed by atoms with Gasteiger partial charge in [-0.1, -0.05) is 11.6 Å². The highest BCUT2D eigenvalue weighted by Gasteiger charge is 2.59. The number of aliphatic imine (C=N–C) groups is 1. The van der Waals surface area contributed by atoms with Crippen LogP contribution < -0.4 is 10.6 Å². The lowest BCUT2D eigenvalue weighted by Crippen LogP contribution is -2.68. The van der Waals surface area contributed by atoms with Crippen LogP contribution in [0.1, 0.15) is 56.5 Å². The Bertz CT molecular complexity index is 587. The predicted molar refractivity (Wildman–Crippen MR) is 98.9 cm³/mol. The Morgan fingerprint density at radius 2 is 2.16 bits per heavy atom. The monoisotopic (exact) mass is 348 g/mol. The summed E-state index contributed by atoms with van der Waals surface area (Å²) in [6, 6.07) is 0.481. The van der Waals surface area contributed by atoms with Crippen LogP contribution in [0.4, 0.5) is 0 Å². The third kappa shape index (κ3) is 3.54. The zero-order valence-electron chi connectivity index (χ0n) is 16.0. The van der Waals surface area contributed by atoms with Crippen LogP contribution in [0.15, 0.2) is 9.52 Å². The van der Waals surface area contributed by atoms with Crippen LogP contribution >= 0.6 is 0 Å². The van der Waals surface area contributed by atoms with E-state index in [0.717, 1.165) is 50.0 Å². The topological polar surface area (TPSA) is 71.7 Å². The van der Waals surface area contributed by atoms with Crippen molar-refractivity contribution in [2.24, 2.45) is 10.4 Å². The molecular formula is C19H32N4O2. The number of rotatable bonds is 7. The van der Waals surface area contributed by atoms with Gasteiger partial charge >= 0.3 is 0 Å². The number of hydrogen-bond acceptors (Lipinski definition) is 4. The first-order valence-corrected chi connectivity index (χ1v) is 9.69. The third-order valence-electron chi connectivity index (χ3n) is 5.91. The lowest BCUT2D eigenvalue weighted by molar-refractivity contribution is -0.168. The Kier molecular flexibility index (Phi) is 5.67. The van der Waals surface area contributed by atoms with E-state index in [2.05, 4.69) is 29.6 Å². The van der Waals surface area contributed by atoms with E-state index < -0.39 is 0 Å². The minimum Gasteiger partial charge on any atom is -0.378 e. The van der Waals surface area contributed by atoms with E-state index in [1.54, 1.807) is 0 Å². The highest BCUT2D eigenvalue weighted by atomic mass is 16.5. The highest BCUT2D eigenvalue weighted by Crippen LogP contribution is 2.57. The molecule has 1 heterocycles. The fraction of sp³-hybridized carbons (Fsp3) is 0.789. The number of nitrogens with zero attached hydrogens (tertiary/aromatic N) is 2. The molecule has 3 rings (SSSR count). The lowest BCUT2D eigenvalue weighted by atomic mass is 9.51. The first kappa shape index (κ1) is 18.2. The second-order valence-electron chi connectivity index (χ2n) is 7.28. The molecule has 0 aliphatic heterocycles. The van der Waals surface area contributed by atoms with Crippen molar-refractivity contribution in [3.05, 3.63) is 17.0 Å². The van der Waals surface area contributed by atoms with Crippen molar-refractivity contribution in [1.82, 2.24) is 15.8 Å². The summed E-state index contributed by atoms with van der Waals surface area (Å²) in [7, 11) is 0. The van der Waals surface area contributed by atoms with Crippen molar-refractivity contribution in [2.45, 2.75) is 71.9 Å². The third-order valence-corrected chi connectivity index (χ3v) is 5.91. The van der Waals surface area contributed by atoms with Gasteiger partial charge in [0.1, 0.15) is 5.76 Å². The van der Waals surface area contributed by atoms with E-state index in [1.165, 1.54) is 24.8 Å². The predicted octanol–water partition coefficient (Wildman–Crippen LogP) is 2.74. The minimum atomic E-state index is 0.341. The quantitative estimate of drug-likeness (QED) is 0.586. The van der Waals surface area contributed by atoms with E-state index in [-0.39, 0.29) is 0 Å². The van der Waals surface area contributed by atoms with Crippen molar-refractivity contribution < 1.29 is 9.26 Å². The molecular weight excluding hydrogens is 316 g/mol. The maximum absolute atomic E-state index is 5.95. The molecule has 1 spiro atoms. The van der Waals surface area contributed by atoms with Crippen molar-refractivity contribution >= 4 is 5.96 Å². The largest absolute Gasteiger partial charge is 0.378 e. The Morgan fingerprint density at radius 3 is 2.72 bits per heavy atom. The van der Waals surface area contributed by atoms with Crippen LogP contribution in [0, 0.1) is 19.3 Å². The minimum absolute atomic E-state index is 0.341. The summed E-state index contributed by atoms with van der Waals surface area (Å²) in [5.41, 5.74) is 2.49. The molecule has 0 saturated heterocycles. The van der Waals surface area contributed by atoms with Crippen molar-refractivity contribution in [1.29, 1.82) is 0 Å². The molecule has 0 aromatic carbocycles.